The summed E-state index contributed by atoms with van der Waals surface area (Å²) in [5.41, 5.74) is 1.14. The third kappa shape index (κ3) is 3.44. The summed E-state index contributed by atoms with van der Waals surface area (Å²) in [5.74, 6) is 0.965. The van der Waals surface area contributed by atoms with E-state index in [0.717, 1.165) is 24.5 Å². The summed E-state index contributed by atoms with van der Waals surface area (Å²) < 4.78 is 5.70. The van der Waals surface area contributed by atoms with Gasteiger partial charge in [0.2, 0.25) is 5.91 Å². The van der Waals surface area contributed by atoms with E-state index in [9.17, 15) is 4.79 Å². The van der Waals surface area contributed by atoms with Crippen LogP contribution in [0.4, 0.5) is 0 Å². The Labute approximate surface area is 126 Å². The zero-order valence-electron chi connectivity index (χ0n) is 12.6. The summed E-state index contributed by atoms with van der Waals surface area (Å²) in [4.78, 5) is 14.4. The quantitative estimate of drug-likeness (QED) is 0.783. The predicted octanol–water partition coefficient (Wildman–Crippen LogP) is 2.32. The second-order valence-electron chi connectivity index (χ2n) is 5.99. The van der Waals surface area contributed by atoms with Crippen LogP contribution in [0.3, 0.4) is 0 Å². The summed E-state index contributed by atoms with van der Waals surface area (Å²) in [6, 6.07) is 10.1. The Kier molecular flexibility index (Phi) is 4.56. The maximum Gasteiger partial charge on any atom is 0.241 e. The molecule has 1 aliphatic carbocycles. The average molecular weight is 288 g/mol. The van der Waals surface area contributed by atoms with E-state index in [2.05, 4.69) is 17.4 Å². The molecule has 0 spiro atoms. The summed E-state index contributed by atoms with van der Waals surface area (Å²) in [7, 11) is 0. The van der Waals surface area contributed by atoms with E-state index in [1.807, 2.05) is 30.0 Å². The first-order valence-corrected chi connectivity index (χ1v) is 7.98. The molecule has 1 aromatic rings. The van der Waals surface area contributed by atoms with Gasteiger partial charge in [0.15, 0.2) is 0 Å². The Morgan fingerprint density at radius 1 is 1.29 bits per heavy atom. The van der Waals surface area contributed by atoms with Gasteiger partial charge in [0.25, 0.3) is 0 Å². The third-order valence-electron chi connectivity index (χ3n) is 4.30. The van der Waals surface area contributed by atoms with Crippen LogP contribution in [0, 0.1) is 5.92 Å². The van der Waals surface area contributed by atoms with Crippen molar-refractivity contribution < 1.29 is 9.53 Å². The lowest BCUT2D eigenvalue weighted by molar-refractivity contribution is -0.130. The molecule has 21 heavy (non-hydrogen) atoms. The number of nitrogens with one attached hydrogen (secondary N) is 1. The smallest absolute Gasteiger partial charge is 0.241 e. The highest BCUT2D eigenvalue weighted by atomic mass is 16.5. The Balaban J connectivity index is 1.62. The molecule has 1 saturated heterocycles. The molecule has 1 amide bonds. The van der Waals surface area contributed by atoms with Gasteiger partial charge in [-0.2, -0.15) is 0 Å². The number of carbonyl (C=O) groups is 1. The lowest BCUT2D eigenvalue weighted by Crippen LogP contribution is -2.34. The summed E-state index contributed by atoms with van der Waals surface area (Å²) in [6.07, 6.45) is 3.40. The van der Waals surface area contributed by atoms with E-state index in [4.69, 9.17) is 4.74 Å². The summed E-state index contributed by atoms with van der Waals surface area (Å²) in [6.45, 7) is 4.19. The molecule has 0 aromatic heterocycles. The molecule has 0 bridgehead atoms. The number of rotatable bonds is 7. The molecule has 1 aliphatic heterocycles. The molecule has 3 rings (SSSR count). The van der Waals surface area contributed by atoms with Crippen molar-refractivity contribution in [2.24, 2.45) is 5.92 Å². The highest BCUT2D eigenvalue weighted by molar-refractivity contribution is 5.84. The van der Waals surface area contributed by atoms with Gasteiger partial charge in [0.05, 0.1) is 12.6 Å². The van der Waals surface area contributed by atoms with Crippen LogP contribution in [0.1, 0.15) is 37.9 Å². The van der Waals surface area contributed by atoms with Crippen molar-refractivity contribution in [3.05, 3.63) is 35.9 Å². The van der Waals surface area contributed by atoms with Gasteiger partial charge in [-0.05, 0) is 30.7 Å². The third-order valence-corrected chi connectivity index (χ3v) is 4.30. The van der Waals surface area contributed by atoms with Crippen LogP contribution in [0.2, 0.25) is 0 Å². The van der Waals surface area contributed by atoms with Gasteiger partial charge >= 0.3 is 0 Å². The fourth-order valence-electron chi connectivity index (χ4n) is 2.82. The molecule has 1 heterocycles. The average Bonchev–Trinajstić information content (AvgIpc) is 3.29. The fraction of sp³-hybridized carbons (Fsp3) is 0.588. The second kappa shape index (κ2) is 6.58. The van der Waals surface area contributed by atoms with Crippen molar-refractivity contribution in [1.29, 1.82) is 0 Å². The van der Waals surface area contributed by atoms with E-state index >= 15 is 0 Å². The van der Waals surface area contributed by atoms with E-state index in [1.54, 1.807) is 0 Å². The molecule has 2 atom stereocenters. The van der Waals surface area contributed by atoms with Gasteiger partial charge in [-0.25, -0.2) is 0 Å². The molecule has 114 valence electrons. The molecule has 1 aromatic carbocycles. The molecule has 2 fully saturated rings. The summed E-state index contributed by atoms with van der Waals surface area (Å²) >= 11 is 0. The highest BCUT2D eigenvalue weighted by Gasteiger charge is 2.38. The Morgan fingerprint density at radius 2 is 2.05 bits per heavy atom. The lowest BCUT2D eigenvalue weighted by Gasteiger charge is -2.24. The van der Waals surface area contributed by atoms with Crippen molar-refractivity contribution in [3.8, 4) is 0 Å². The largest absolute Gasteiger partial charge is 0.379 e. The molecular weight excluding hydrogens is 264 g/mol. The van der Waals surface area contributed by atoms with Crippen molar-refractivity contribution in [1.82, 2.24) is 10.2 Å². The van der Waals surface area contributed by atoms with Crippen LogP contribution in [-0.2, 0) is 9.53 Å². The fourth-order valence-corrected chi connectivity index (χ4v) is 2.82. The van der Waals surface area contributed by atoms with Gasteiger partial charge in [-0.3, -0.25) is 10.1 Å². The molecule has 0 radical (unpaired) electrons. The van der Waals surface area contributed by atoms with Gasteiger partial charge in [-0.1, -0.05) is 37.3 Å². The highest BCUT2D eigenvalue weighted by Crippen LogP contribution is 2.29. The SMILES string of the molecule is CCC1NC(c2ccccc2)N(CCOCC2CC2)C1=O. The van der Waals surface area contributed by atoms with Crippen LogP contribution >= 0.6 is 0 Å². The van der Waals surface area contributed by atoms with Crippen LogP contribution in [0.15, 0.2) is 30.3 Å². The Bertz CT molecular complexity index is 473. The maximum atomic E-state index is 12.5. The van der Waals surface area contributed by atoms with Crippen LogP contribution in [-0.4, -0.2) is 36.6 Å². The molecule has 2 aliphatic rings. The monoisotopic (exact) mass is 288 g/mol. The minimum Gasteiger partial charge on any atom is -0.379 e. The van der Waals surface area contributed by atoms with E-state index in [1.165, 1.54) is 12.8 Å². The zero-order valence-corrected chi connectivity index (χ0v) is 12.6. The maximum absolute atomic E-state index is 12.5. The Hall–Kier alpha value is -1.39. The number of benzene rings is 1. The standard InChI is InChI=1S/C17H24N2O2/c1-2-15-17(20)19(10-11-21-12-13-8-9-13)16(18-15)14-6-4-3-5-7-14/h3-7,13,15-16,18H,2,8-12H2,1H3. The minimum absolute atomic E-state index is 0.0202. The number of hydrogen-bond acceptors (Lipinski definition) is 3. The van der Waals surface area contributed by atoms with Gasteiger partial charge in [0.1, 0.15) is 6.17 Å². The van der Waals surface area contributed by atoms with Gasteiger partial charge in [0, 0.05) is 13.2 Å². The lowest BCUT2D eigenvalue weighted by atomic mass is 10.1. The molecule has 4 nitrogen and oxygen atoms in total. The second-order valence-corrected chi connectivity index (χ2v) is 5.99. The number of amides is 1. The van der Waals surface area contributed by atoms with E-state index < -0.39 is 0 Å². The van der Waals surface area contributed by atoms with Crippen molar-refractivity contribution in [2.45, 2.75) is 38.4 Å². The number of nitrogens with zero attached hydrogens (tertiary/aromatic N) is 1. The summed E-state index contributed by atoms with van der Waals surface area (Å²) in [5, 5.41) is 3.44. The topological polar surface area (TPSA) is 41.6 Å². The zero-order chi connectivity index (χ0) is 14.7. The molecule has 1 saturated carbocycles. The van der Waals surface area contributed by atoms with Crippen molar-refractivity contribution in [2.75, 3.05) is 19.8 Å². The van der Waals surface area contributed by atoms with Crippen molar-refractivity contribution >= 4 is 5.91 Å². The molecule has 1 N–H and O–H groups in total. The van der Waals surface area contributed by atoms with Gasteiger partial charge < -0.3 is 9.64 Å². The van der Waals surface area contributed by atoms with Gasteiger partial charge in [-0.15, -0.1) is 0 Å². The first kappa shape index (κ1) is 14.5. The predicted molar refractivity (Wildman–Crippen MR) is 81.7 cm³/mol. The normalized spacial score (nSPS) is 25.6. The molecular formula is C17H24N2O2. The van der Waals surface area contributed by atoms with Crippen LogP contribution in [0.5, 0.6) is 0 Å². The van der Waals surface area contributed by atoms with Crippen LogP contribution in [0.25, 0.3) is 0 Å². The molecule has 2 unspecified atom stereocenters. The molecule has 4 heteroatoms. The Morgan fingerprint density at radius 3 is 2.71 bits per heavy atom. The first-order valence-electron chi connectivity index (χ1n) is 7.98. The number of ether oxygens (including phenoxy) is 1. The number of carbonyl (C=O) groups excluding carboxylic acids is 1. The minimum atomic E-state index is -0.0707. The first-order chi connectivity index (χ1) is 10.3. The van der Waals surface area contributed by atoms with E-state index in [0.29, 0.717) is 13.2 Å². The van der Waals surface area contributed by atoms with Crippen molar-refractivity contribution in [3.63, 3.8) is 0 Å². The van der Waals surface area contributed by atoms with E-state index in [-0.39, 0.29) is 18.1 Å². The number of hydrogen-bond donors (Lipinski definition) is 1. The van der Waals surface area contributed by atoms with Crippen LogP contribution < -0.4 is 5.32 Å².